The maximum Gasteiger partial charge on any atom is 0.415 e. The van der Waals surface area contributed by atoms with Crippen LogP contribution in [0.2, 0.25) is 0 Å². The Kier molecular flexibility index (Phi) is 12.3. The molecule has 0 aliphatic rings. The van der Waals surface area contributed by atoms with Crippen LogP contribution in [0.4, 0.5) is 13.6 Å². The molecule has 0 bridgehead atoms. The Balaban J connectivity index is 1.91. The summed E-state index contributed by atoms with van der Waals surface area (Å²) >= 11 is 0. The Hall–Kier alpha value is -3.20. The van der Waals surface area contributed by atoms with Crippen LogP contribution in [-0.2, 0) is 16.0 Å². The number of carbonyl (C=O) groups excluding carboxylic acids is 1. The summed E-state index contributed by atoms with van der Waals surface area (Å²) in [5.74, 6) is -2.69. The first-order valence-corrected chi connectivity index (χ1v) is 12.5. The van der Waals surface area contributed by atoms with Crippen molar-refractivity contribution in [1.82, 2.24) is 4.90 Å². The van der Waals surface area contributed by atoms with Gasteiger partial charge >= 0.3 is 12.1 Å². The molecule has 0 aromatic heterocycles. The number of nitrogens with zero attached hydrogens (tertiary/aromatic N) is 1. The number of aliphatic carboxylic acids is 1. The first kappa shape index (κ1) is 30.0. The van der Waals surface area contributed by atoms with Gasteiger partial charge in [-0.25, -0.2) is 18.4 Å². The van der Waals surface area contributed by atoms with Crippen LogP contribution in [0, 0.1) is 6.92 Å². The Labute approximate surface area is 217 Å². The summed E-state index contributed by atoms with van der Waals surface area (Å²) in [5.41, 5.74) is 1.76. The second kappa shape index (κ2) is 15.1. The molecule has 204 valence electrons. The van der Waals surface area contributed by atoms with E-state index in [1.807, 2.05) is 13.0 Å². The number of amides is 1. The molecule has 0 spiro atoms. The minimum Gasteiger partial charge on any atom is -0.492 e. The Morgan fingerprint density at radius 1 is 1.03 bits per heavy atom. The SMILES string of the molecule is CCOC(Cc1ccc(OCCN(CCCCCC(C)(F)F)C(=O)Oc2cccc(C)c2)cc1)C(=O)O. The van der Waals surface area contributed by atoms with Gasteiger partial charge in [0.25, 0.3) is 0 Å². The summed E-state index contributed by atoms with van der Waals surface area (Å²) in [6.07, 6.45) is 0.134. The van der Waals surface area contributed by atoms with E-state index in [4.69, 9.17) is 14.2 Å². The molecular formula is C28H37F2NO6. The van der Waals surface area contributed by atoms with Gasteiger partial charge in [-0.1, -0.05) is 30.7 Å². The van der Waals surface area contributed by atoms with E-state index >= 15 is 0 Å². The molecule has 2 aromatic rings. The number of ether oxygens (including phenoxy) is 3. The number of alkyl halides is 2. The fraction of sp³-hybridized carbons (Fsp3) is 0.500. The van der Waals surface area contributed by atoms with Gasteiger partial charge in [0.05, 0.1) is 6.54 Å². The summed E-state index contributed by atoms with van der Waals surface area (Å²) in [5, 5.41) is 9.24. The number of hydrogen-bond acceptors (Lipinski definition) is 5. The van der Waals surface area contributed by atoms with Crippen molar-refractivity contribution in [2.75, 3.05) is 26.3 Å². The zero-order valence-electron chi connectivity index (χ0n) is 21.8. The first-order valence-electron chi connectivity index (χ1n) is 12.5. The number of hydrogen-bond donors (Lipinski definition) is 1. The first-order chi connectivity index (χ1) is 17.6. The highest BCUT2D eigenvalue weighted by molar-refractivity contribution is 5.72. The highest BCUT2D eigenvalue weighted by Gasteiger charge is 2.21. The molecule has 0 aliphatic carbocycles. The molecule has 1 atom stereocenters. The number of benzene rings is 2. The third-order valence-electron chi connectivity index (χ3n) is 5.61. The molecule has 0 aliphatic heterocycles. The molecule has 1 unspecified atom stereocenters. The smallest absolute Gasteiger partial charge is 0.415 e. The number of unbranched alkanes of at least 4 members (excludes halogenated alkanes) is 2. The monoisotopic (exact) mass is 521 g/mol. The largest absolute Gasteiger partial charge is 0.492 e. The van der Waals surface area contributed by atoms with Crippen LogP contribution < -0.4 is 9.47 Å². The average Bonchev–Trinajstić information content (AvgIpc) is 2.82. The van der Waals surface area contributed by atoms with Crippen LogP contribution in [-0.4, -0.2) is 60.4 Å². The predicted octanol–water partition coefficient (Wildman–Crippen LogP) is 6.12. The number of halogens is 2. The lowest BCUT2D eigenvalue weighted by Gasteiger charge is -2.22. The average molecular weight is 522 g/mol. The fourth-order valence-corrected chi connectivity index (χ4v) is 3.68. The van der Waals surface area contributed by atoms with Crippen molar-refractivity contribution in [2.45, 2.75) is 64.9 Å². The van der Waals surface area contributed by atoms with Crippen molar-refractivity contribution < 1.29 is 37.7 Å². The second-order valence-electron chi connectivity index (χ2n) is 9.03. The van der Waals surface area contributed by atoms with Gasteiger partial charge in [0.15, 0.2) is 6.10 Å². The number of aryl methyl sites for hydroxylation is 1. The third kappa shape index (κ3) is 12.1. The van der Waals surface area contributed by atoms with Gasteiger partial charge in [0.2, 0.25) is 5.92 Å². The molecule has 7 nitrogen and oxygen atoms in total. The second-order valence-corrected chi connectivity index (χ2v) is 9.03. The van der Waals surface area contributed by atoms with E-state index in [2.05, 4.69) is 0 Å². The summed E-state index contributed by atoms with van der Waals surface area (Å²) in [6.45, 7) is 5.68. The number of carboxylic acid groups (broad SMARTS) is 1. The van der Waals surface area contributed by atoms with Crippen LogP contribution in [0.1, 0.15) is 50.7 Å². The van der Waals surface area contributed by atoms with Crippen LogP contribution in [0.3, 0.4) is 0 Å². The van der Waals surface area contributed by atoms with Gasteiger partial charge in [-0.15, -0.1) is 0 Å². The highest BCUT2D eigenvalue weighted by Crippen LogP contribution is 2.21. The molecular weight excluding hydrogens is 484 g/mol. The topological polar surface area (TPSA) is 85.3 Å². The van der Waals surface area contributed by atoms with Gasteiger partial charge in [-0.05, 0) is 69.0 Å². The van der Waals surface area contributed by atoms with Gasteiger partial charge in [0, 0.05) is 26.0 Å². The Morgan fingerprint density at radius 3 is 2.38 bits per heavy atom. The van der Waals surface area contributed by atoms with Gasteiger partial charge in [0.1, 0.15) is 18.1 Å². The molecule has 1 amide bonds. The summed E-state index contributed by atoms with van der Waals surface area (Å²) in [4.78, 5) is 25.6. The number of rotatable bonds is 16. The normalized spacial score (nSPS) is 12.1. The zero-order chi connectivity index (χ0) is 27.3. The van der Waals surface area contributed by atoms with Gasteiger partial charge in [-0.3, -0.25) is 0 Å². The van der Waals surface area contributed by atoms with E-state index in [9.17, 15) is 23.5 Å². The molecule has 2 rings (SSSR count). The van der Waals surface area contributed by atoms with Crippen LogP contribution >= 0.6 is 0 Å². The van der Waals surface area contributed by atoms with E-state index in [0.717, 1.165) is 18.1 Å². The van der Waals surface area contributed by atoms with E-state index in [0.29, 0.717) is 43.9 Å². The molecule has 0 saturated carbocycles. The lowest BCUT2D eigenvalue weighted by molar-refractivity contribution is -0.149. The molecule has 2 aromatic carbocycles. The number of carbonyl (C=O) groups is 2. The van der Waals surface area contributed by atoms with Crippen LogP contribution in [0.25, 0.3) is 0 Å². The minimum atomic E-state index is -2.69. The van der Waals surface area contributed by atoms with Gasteiger partial charge in [-0.2, -0.15) is 0 Å². The van der Waals surface area contributed by atoms with Crippen molar-refractivity contribution in [1.29, 1.82) is 0 Å². The summed E-state index contributed by atoms with van der Waals surface area (Å²) in [6, 6.07) is 14.2. The van der Waals surface area contributed by atoms with E-state index in [-0.39, 0.29) is 26.0 Å². The fourth-order valence-electron chi connectivity index (χ4n) is 3.68. The molecule has 0 saturated heterocycles. The minimum absolute atomic E-state index is 0.183. The quantitative estimate of drug-likeness (QED) is 0.268. The third-order valence-corrected chi connectivity index (χ3v) is 5.61. The standard InChI is InChI=1S/C28H37F2NO6/c1-4-35-25(26(32)33)20-22-11-13-23(14-12-22)36-18-17-31(16-7-5-6-15-28(3,29)30)27(34)37-24-10-8-9-21(2)19-24/h8-14,19,25H,4-7,15-18,20H2,1-3H3,(H,32,33). The molecule has 9 heteroatoms. The highest BCUT2D eigenvalue weighted by atomic mass is 19.3. The predicted molar refractivity (Wildman–Crippen MR) is 137 cm³/mol. The molecule has 37 heavy (non-hydrogen) atoms. The maximum absolute atomic E-state index is 13.1. The Bertz CT molecular complexity index is 977. The lowest BCUT2D eigenvalue weighted by Crippen LogP contribution is -2.37. The van der Waals surface area contributed by atoms with E-state index in [1.165, 1.54) is 4.90 Å². The van der Waals surface area contributed by atoms with Crippen molar-refractivity contribution in [3.8, 4) is 11.5 Å². The van der Waals surface area contributed by atoms with Crippen LogP contribution in [0.5, 0.6) is 11.5 Å². The van der Waals surface area contributed by atoms with Crippen molar-refractivity contribution in [3.05, 3.63) is 59.7 Å². The van der Waals surface area contributed by atoms with E-state index < -0.39 is 24.1 Å². The molecule has 0 fully saturated rings. The van der Waals surface area contributed by atoms with E-state index in [1.54, 1.807) is 49.4 Å². The van der Waals surface area contributed by atoms with Crippen molar-refractivity contribution in [2.24, 2.45) is 0 Å². The van der Waals surface area contributed by atoms with Gasteiger partial charge < -0.3 is 24.2 Å². The lowest BCUT2D eigenvalue weighted by atomic mass is 10.1. The zero-order valence-corrected chi connectivity index (χ0v) is 21.8. The summed E-state index contributed by atoms with van der Waals surface area (Å²) < 4.78 is 42.7. The van der Waals surface area contributed by atoms with Crippen molar-refractivity contribution in [3.63, 3.8) is 0 Å². The maximum atomic E-state index is 13.1. The van der Waals surface area contributed by atoms with Crippen molar-refractivity contribution >= 4 is 12.1 Å². The van der Waals surface area contributed by atoms with Crippen LogP contribution in [0.15, 0.2) is 48.5 Å². The molecule has 1 N–H and O–H groups in total. The summed E-state index contributed by atoms with van der Waals surface area (Å²) in [7, 11) is 0. The number of carboxylic acids is 1. The Morgan fingerprint density at radius 2 is 1.76 bits per heavy atom. The molecule has 0 heterocycles. The molecule has 0 radical (unpaired) electrons.